The lowest BCUT2D eigenvalue weighted by Gasteiger charge is -2.23. The number of aryl methyl sites for hydroxylation is 1. The van der Waals surface area contributed by atoms with Crippen LogP contribution in [0.15, 0.2) is 67.0 Å². The number of carbonyl (C=O) groups excluding carboxylic acids is 1. The number of aliphatic hydroxyl groups excluding tert-OH is 1. The Balaban J connectivity index is 1.10. The van der Waals surface area contributed by atoms with Gasteiger partial charge in [0.25, 0.3) is 5.91 Å². The smallest absolute Gasteiger partial charge is 0.317 e. The number of aromatic nitrogens is 4. The Bertz CT molecular complexity index is 2050. The lowest BCUT2D eigenvalue weighted by Crippen LogP contribution is -2.31. The van der Waals surface area contributed by atoms with Gasteiger partial charge in [-0.25, -0.2) is 4.98 Å². The number of carboxylic acid groups (broad SMARTS) is 1. The first-order valence-electron chi connectivity index (χ1n) is 16.1. The first-order valence-corrected chi connectivity index (χ1v) is 16.8. The van der Waals surface area contributed by atoms with Gasteiger partial charge in [0.1, 0.15) is 5.52 Å². The molecule has 1 saturated heterocycles. The first kappa shape index (κ1) is 32.9. The molecule has 5 aromatic rings. The average Bonchev–Trinajstić information content (AvgIpc) is 3.72. The number of benzene rings is 2. The molecule has 0 spiro atoms. The number of anilines is 3. The standard InChI is InChI=1S/C35H34Cl2N8O4/c36-31-23(4-1-6-26(31)41-34-33-21(9-11-38-34)14-20(16-40-33)18-44-13-10-22(46)19-44)24-5-2-7-27(32(24)37)42-35(49)28-15-29-25(39-17-30(47)48)8-3-12-45(29)43-28/h1-2,4-7,9,11,14-16,22,25,39,46H,3,8,10,12-13,17-19H2,(H,38,41)(H,42,49)(H,47,48)/t22-,25?/m1/s1. The number of nitrogens with zero attached hydrogens (tertiary/aromatic N) is 5. The van der Waals surface area contributed by atoms with Gasteiger partial charge in [0.15, 0.2) is 11.5 Å². The third kappa shape index (κ3) is 7.10. The predicted octanol–water partition coefficient (Wildman–Crippen LogP) is 5.87. The lowest BCUT2D eigenvalue weighted by atomic mass is 10.0. The number of rotatable bonds is 10. The molecule has 14 heteroatoms. The molecule has 2 aliphatic heterocycles. The number of likely N-dealkylation sites (tertiary alicyclic amines) is 1. The van der Waals surface area contributed by atoms with Crippen LogP contribution in [0.3, 0.4) is 0 Å². The largest absolute Gasteiger partial charge is 0.480 e. The zero-order valence-corrected chi connectivity index (χ0v) is 27.9. The van der Waals surface area contributed by atoms with Crippen molar-refractivity contribution in [3.05, 3.63) is 94.0 Å². The van der Waals surface area contributed by atoms with Gasteiger partial charge < -0.3 is 20.8 Å². The number of β-amino-alcohol motifs (C(OH)–C–C–N with tert-alkyl or cyclic N) is 1. The maximum atomic E-state index is 13.3. The summed E-state index contributed by atoms with van der Waals surface area (Å²) in [7, 11) is 0. The van der Waals surface area contributed by atoms with E-state index in [1.807, 2.05) is 36.5 Å². The van der Waals surface area contributed by atoms with Crippen molar-refractivity contribution in [2.45, 2.75) is 44.5 Å². The average molecular weight is 702 g/mol. The fourth-order valence-corrected chi connectivity index (χ4v) is 7.05. The van der Waals surface area contributed by atoms with Gasteiger partial charge in [0.2, 0.25) is 0 Å². The normalized spacial score (nSPS) is 17.6. The SMILES string of the molecule is O=C(O)CNC1CCCn2nc(C(=O)Nc3cccc(-c4cccc(Nc5nccc6cc(CN7CC[C@@H](O)C7)cnc56)c4Cl)c3Cl)cc21. The van der Waals surface area contributed by atoms with E-state index in [4.69, 9.17) is 33.3 Å². The molecule has 0 aliphatic carbocycles. The highest BCUT2D eigenvalue weighted by molar-refractivity contribution is 6.39. The molecule has 0 bridgehead atoms. The van der Waals surface area contributed by atoms with E-state index in [2.05, 4.69) is 37.0 Å². The van der Waals surface area contributed by atoms with E-state index in [-0.39, 0.29) is 24.4 Å². The quantitative estimate of drug-likeness (QED) is 0.119. The highest BCUT2D eigenvalue weighted by Gasteiger charge is 2.26. The number of amides is 1. The molecular weight excluding hydrogens is 667 g/mol. The number of nitrogens with one attached hydrogen (secondary N) is 3. The van der Waals surface area contributed by atoms with Crippen LogP contribution >= 0.6 is 23.2 Å². The van der Waals surface area contributed by atoms with E-state index in [0.717, 1.165) is 49.0 Å². The Kier molecular flexibility index (Phi) is 9.48. The van der Waals surface area contributed by atoms with Gasteiger partial charge in [0.05, 0.1) is 39.8 Å². The summed E-state index contributed by atoms with van der Waals surface area (Å²) >= 11 is 13.9. The molecule has 49 heavy (non-hydrogen) atoms. The minimum absolute atomic E-state index is 0.179. The molecule has 0 saturated carbocycles. The summed E-state index contributed by atoms with van der Waals surface area (Å²) in [4.78, 5) is 35.9. The number of hydrogen-bond acceptors (Lipinski definition) is 9. The van der Waals surface area contributed by atoms with Crippen molar-refractivity contribution in [1.29, 1.82) is 0 Å². The second-order valence-electron chi connectivity index (χ2n) is 12.3. The number of fused-ring (bicyclic) bond motifs is 2. The van der Waals surface area contributed by atoms with Gasteiger partial charge in [-0.05, 0) is 55.2 Å². The summed E-state index contributed by atoms with van der Waals surface area (Å²) in [5.41, 5.74) is 5.01. The monoisotopic (exact) mass is 700 g/mol. The van der Waals surface area contributed by atoms with E-state index in [9.17, 15) is 14.7 Å². The summed E-state index contributed by atoms with van der Waals surface area (Å²) in [5.74, 6) is -0.831. The number of carbonyl (C=O) groups is 2. The minimum Gasteiger partial charge on any atom is -0.480 e. The van der Waals surface area contributed by atoms with Crippen LogP contribution in [-0.4, -0.2) is 72.5 Å². The van der Waals surface area contributed by atoms with Crippen molar-refractivity contribution in [2.24, 2.45) is 0 Å². The lowest BCUT2D eigenvalue weighted by molar-refractivity contribution is -0.136. The van der Waals surface area contributed by atoms with E-state index in [0.29, 0.717) is 57.0 Å². The zero-order valence-electron chi connectivity index (χ0n) is 26.4. The van der Waals surface area contributed by atoms with Gasteiger partial charge in [-0.15, -0.1) is 0 Å². The molecule has 1 unspecified atom stereocenters. The van der Waals surface area contributed by atoms with Gasteiger partial charge in [-0.3, -0.25) is 29.5 Å². The van der Waals surface area contributed by atoms with Crippen LogP contribution in [0.5, 0.6) is 0 Å². The Morgan fingerprint density at radius 2 is 1.73 bits per heavy atom. The molecule has 2 atom stereocenters. The van der Waals surface area contributed by atoms with E-state index in [1.165, 1.54) is 0 Å². The van der Waals surface area contributed by atoms with Crippen LogP contribution in [0.25, 0.3) is 22.0 Å². The molecule has 0 radical (unpaired) electrons. The van der Waals surface area contributed by atoms with Gasteiger partial charge in [0, 0.05) is 61.1 Å². The van der Waals surface area contributed by atoms with Crippen molar-refractivity contribution in [3.63, 3.8) is 0 Å². The summed E-state index contributed by atoms with van der Waals surface area (Å²) in [5, 5.41) is 34.3. The predicted molar refractivity (Wildman–Crippen MR) is 188 cm³/mol. The second-order valence-corrected chi connectivity index (χ2v) is 13.1. The van der Waals surface area contributed by atoms with Crippen molar-refractivity contribution < 1.29 is 19.8 Å². The van der Waals surface area contributed by atoms with Crippen LogP contribution < -0.4 is 16.0 Å². The topological polar surface area (TPSA) is 158 Å². The fraction of sp³-hybridized carbons (Fsp3) is 0.286. The van der Waals surface area contributed by atoms with Crippen molar-refractivity contribution in [1.82, 2.24) is 30.0 Å². The fourth-order valence-electron chi connectivity index (χ4n) is 6.50. The number of halogens is 2. The van der Waals surface area contributed by atoms with Gasteiger partial charge in [-0.1, -0.05) is 47.5 Å². The highest BCUT2D eigenvalue weighted by atomic mass is 35.5. The summed E-state index contributed by atoms with van der Waals surface area (Å²) in [6.45, 7) is 2.70. The van der Waals surface area contributed by atoms with Crippen LogP contribution in [0, 0.1) is 0 Å². The van der Waals surface area contributed by atoms with Gasteiger partial charge in [-0.2, -0.15) is 5.10 Å². The molecular formula is C35H34Cl2N8O4. The highest BCUT2D eigenvalue weighted by Crippen LogP contribution is 2.41. The third-order valence-electron chi connectivity index (χ3n) is 8.86. The Morgan fingerprint density at radius 1 is 0.959 bits per heavy atom. The van der Waals surface area contributed by atoms with E-state index in [1.54, 1.807) is 29.1 Å². The molecule has 1 fully saturated rings. The molecule has 5 heterocycles. The van der Waals surface area contributed by atoms with E-state index < -0.39 is 11.9 Å². The zero-order chi connectivity index (χ0) is 34.1. The van der Waals surface area contributed by atoms with Crippen LogP contribution in [0.2, 0.25) is 10.0 Å². The number of pyridine rings is 2. The molecule has 252 valence electrons. The number of aliphatic hydroxyl groups is 1. The molecule has 5 N–H and O–H groups in total. The Labute approximate surface area is 292 Å². The maximum Gasteiger partial charge on any atom is 0.317 e. The molecule has 3 aromatic heterocycles. The minimum atomic E-state index is -0.946. The molecule has 2 aliphatic rings. The van der Waals surface area contributed by atoms with E-state index >= 15 is 0 Å². The molecule has 7 rings (SSSR count). The van der Waals surface area contributed by atoms with Crippen molar-refractivity contribution in [2.75, 3.05) is 30.3 Å². The molecule has 2 aromatic carbocycles. The van der Waals surface area contributed by atoms with Crippen LogP contribution in [-0.2, 0) is 17.9 Å². The Hall–Kier alpha value is -4.59. The summed E-state index contributed by atoms with van der Waals surface area (Å²) in [6, 6.07) is 16.4. The summed E-state index contributed by atoms with van der Waals surface area (Å²) in [6.07, 6.45) is 5.64. The molecule has 1 amide bonds. The van der Waals surface area contributed by atoms with Crippen LogP contribution in [0.1, 0.15) is 47.1 Å². The summed E-state index contributed by atoms with van der Waals surface area (Å²) < 4.78 is 1.74. The van der Waals surface area contributed by atoms with Crippen LogP contribution in [0.4, 0.5) is 17.2 Å². The number of hydrogen-bond donors (Lipinski definition) is 5. The van der Waals surface area contributed by atoms with Gasteiger partial charge >= 0.3 is 5.97 Å². The third-order valence-corrected chi connectivity index (χ3v) is 9.68. The Morgan fingerprint density at radius 3 is 2.49 bits per heavy atom. The molecule has 12 nitrogen and oxygen atoms in total. The number of aliphatic carboxylic acids is 1. The second kappa shape index (κ2) is 14.1. The van der Waals surface area contributed by atoms with Crippen molar-refractivity contribution in [3.8, 4) is 11.1 Å². The first-order chi connectivity index (χ1) is 23.7. The van der Waals surface area contributed by atoms with Crippen molar-refractivity contribution >= 4 is 63.2 Å². The maximum absolute atomic E-state index is 13.3. The number of carboxylic acids is 1.